The van der Waals surface area contributed by atoms with Gasteiger partial charge >= 0.3 is 0 Å². The van der Waals surface area contributed by atoms with Crippen LogP contribution in [-0.4, -0.2) is 48.1 Å². The van der Waals surface area contributed by atoms with E-state index in [1.807, 2.05) is 20.8 Å². The van der Waals surface area contributed by atoms with Gasteiger partial charge in [0, 0.05) is 13.7 Å². The number of piperazine rings is 1. The molecule has 1 aliphatic carbocycles. The molecule has 1 N–H and O–H groups in total. The standard InChI is InChI=1S/C15H26N2O3/c1-5-15(6-2)13(19)17(9-10-20-4)14(3,11-7-8-11)12(18)16-15/h11H,5-10H2,1-4H3,(H,16,18). The molecule has 2 fully saturated rings. The van der Waals surface area contributed by atoms with Crippen LogP contribution in [0.2, 0.25) is 0 Å². The van der Waals surface area contributed by atoms with Crippen LogP contribution in [0.4, 0.5) is 0 Å². The summed E-state index contributed by atoms with van der Waals surface area (Å²) >= 11 is 0. The van der Waals surface area contributed by atoms with E-state index in [2.05, 4.69) is 5.32 Å². The van der Waals surface area contributed by atoms with Gasteiger partial charge in [-0.05, 0) is 38.5 Å². The van der Waals surface area contributed by atoms with E-state index in [4.69, 9.17) is 4.74 Å². The molecule has 0 aromatic rings. The lowest BCUT2D eigenvalue weighted by Crippen LogP contribution is -2.75. The second-order valence-corrected chi connectivity index (χ2v) is 6.11. The molecule has 114 valence electrons. The molecule has 1 unspecified atom stereocenters. The number of methoxy groups -OCH3 is 1. The number of nitrogens with zero attached hydrogens (tertiary/aromatic N) is 1. The van der Waals surface area contributed by atoms with E-state index in [9.17, 15) is 9.59 Å². The second-order valence-electron chi connectivity index (χ2n) is 6.11. The first-order chi connectivity index (χ1) is 9.46. The van der Waals surface area contributed by atoms with Crippen LogP contribution in [0.3, 0.4) is 0 Å². The van der Waals surface area contributed by atoms with Crippen molar-refractivity contribution in [1.29, 1.82) is 0 Å². The third kappa shape index (κ3) is 2.12. The summed E-state index contributed by atoms with van der Waals surface area (Å²) in [5, 5.41) is 3.03. The first-order valence-corrected chi connectivity index (χ1v) is 7.60. The van der Waals surface area contributed by atoms with Crippen LogP contribution in [0.5, 0.6) is 0 Å². The van der Waals surface area contributed by atoms with Crippen molar-refractivity contribution in [2.45, 2.75) is 57.5 Å². The van der Waals surface area contributed by atoms with E-state index < -0.39 is 11.1 Å². The quantitative estimate of drug-likeness (QED) is 0.799. The summed E-state index contributed by atoms with van der Waals surface area (Å²) in [4.78, 5) is 27.4. The molecule has 0 radical (unpaired) electrons. The van der Waals surface area contributed by atoms with Crippen molar-refractivity contribution >= 4 is 11.8 Å². The first-order valence-electron chi connectivity index (χ1n) is 7.60. The molecule has 5 nitrogen and oxygen atoms in total. The van der Waals surface area contributed by atoms with Gasteiger partial charge in [0.05, 0.1) is 6.61 Å². The zero-order chi connectivity index (χ0) is 15.0. The lowest BCUT2D eigenvalue weighted by atomic mass is 9.80. The molecule has 0 aromatic heterocycles. The van der Waals surface area contributed by atoms with E-state index in [-0.39, 0.29) is 17.7 Å². The Morgan fingerprint density at radius 2 is 1.90 bits per heavy atom. The number of carbonyl (C=O) groups excluding carboxylic acids is 2. The molecule has 1 aliphatic heterocycles. The van der Waals surface area contributed by atoms with Crippen LogP contribution >= 0.6 is 0 Å². The summed E-state index contributed by atoms with van der Waals surface area (Å²) in [5.74, 6) is 0.336. The number of hydrogen-bond donors (Lipinski definition) is 1. The molecule has 0 aromatic carbocycles. The van der Waals surface area contributed by atoms with E-state index in [0.29, 0.717) is 26.0 Å². The molecule has 1 saturated carbocycles. The Balaban J connectivity index is 2.36. The molecule has 1 atom stereocenters. The van der Waals surface area contributed by atoms with Crippen molar-refractivity contribution in [3.63, 3.8) is 0 Å². The Bertz CT molecular complexity index is 402. The topological polar surface area (TPSA) is 58.6 Å². The summed E-state index contributed by atoms with van der Waals surface area (Å²) < 4.78 is 5.13. The minimum Gasteiger partial charge on any atom is -0.383 e. The fourth-order valence-electron chi connectivity index (χ4n) is 3.29. The van der Waals surface area contributed by atoms with Crippen LogP contribution in [0.1, 0.15) is 46.5 Å². The summed E-state index contributed by atoms with van der Waals surface area (Å²) in [5.41, 5.74) is -1.44. The first kappa shape index (κ1) is 15.3. The van der Waals surface area contributed by atoms with Crippen molar-refractivity contribution in [1.82, 2.24) is 10.2 Å². The summed E-state index contributed by atoms with van der Waals surface area (Å²) in [6.45, 7) is 6.76. The summed E-state index contributed by atoms with van der Waals surface area (Å²) in [6.07, 6.45) is 3.29. The fraction of sp³-hybridized carbons (Fsp3) is 0.867. The number of hydrogen-bond acceptors (Lipinski definition) is 3. The number of rotatable bonds is 6. The maximum Gasteiger partial charge on any atom is 0.249 e. The minimum atomic E-state index is -0.737. The average Bonchev–Trinajstić information content (AvgIpc) is 3.28. The van der Waals surface area contributed by atoms with Crippen molar-refractivity contribution in [3.8, 4) is 0 Å². The third-order valence-electron chi connectivity index (χ3n) is 5.13. The molecular weight excluding hydrogens is 256 g/mol. The van der Waals surface area contributed by atoms with Crippen LogP contribution in [0, 0.1) is 5.92 Å². The van der Waals surface area contributed by atoms with E-state index in [1.54, 1.807) is 12.0 Å². The minimum absolute atomic E-state index is 0.000553. The summed E-state index contributed by atoms with van der Waals surface area (Å²) in [7, 11) is 1.62. The molecule has 1 heterocycles. The SMILES string of the molecule is CCC1(CC)NC(=O)C(C)(C2CC2)N(CCOC)C1=O. The average molecular weight is 282 g/mol. The van der Waals surface area contributed by atoms with Gasteiger partial charge in [0.2, 0.25) is 11.8 Å². The van der Waals surface area contributed by atoms with Gasteiger partial charge in [-0.1, -0.05) is 13.8 Å². The Labute approximate surface area is 121 Å². The highest BCUT2D eigenvalue weighted by atomic mass is 16.5. The molecule has 2 aliphatic rings. The largest absolute Gasteiger partial charge is 0.383 e. The Morgan fingerprint density at radius 3 is 2.35 bits per heavy atom. The Hall–Kier alpha value is -1.10. The third-order valence-corrected chi connectivity index (χ3v) is 5.13. The number of amides is 2. The van der Waals surface area contributed by atoms with Crippen molar-refractivity contribution < 1.29 is 14.3 Å². The molecule has 1 saturated heterocycles. The number of nitrogens with one attached hydrogen (secondary N) is 1. The van der Waals surface area contributed by atoms with Crippen molar-refractivity contribution in [3.05, 3.63) is 0 Å². The summed E-state index contributed by atoms with van der Waals surface area (Å²) in [6, 6.07) is 0. The van der Waals surface area contributed by atoms with Crippen LogP contribution in [-0.2, 0) is 14.3 Å². The van der Waals surface area contributed by atoms with Gasteiger partial charge in [-0.25, -0.2) is 0 Å². The fourth-order valence-corrected chi connectivity index (χ4v) is 3.29. The zero-order valence-corrected chi connectivity index (χ0v) is 13.0. The molecule has 2 amide bonds. The van der Waals surface area contributed by atoms with Crippen LogP contribution < -0.4 is 5.32 Å². The molecular formula is C15H26N2O3. The Kier molecular flexibility index (Phi) is 4.09. The van der Waals surface area contributed by atoms with Crippen LogP contribution in [0.15, 0.2) is 0 Å². The normalized spacial score (nSPS) is 29.5. The number of ether oxygens (including phenoxy) is 1. The van der Waals surface area contributed by atoms with Crippen molar-refractivity contribution in [2.24, 2.45) is 5.92 Å². The molecule has 2 rings (SSSR count). The van der Waals surface area contributed by atoms with E-state index in [0.717, 1.165) is 12.8 Å². The predicted molar refractivity (Wildman–Crippen MR) is 76.2 cm³/mol. The van der Waals surface area contributed by atoms with E-state index >= 15 is 0 Å². The van der Waals surface area contributed by atoms with Gasteiger partial charge in [0.25, 0.3) is 0 Å². The maximum atomic E-state index is 13.0. The smallest absolute Gasteiger partial charge is 0.249 e. The van der Waals surface area contributed by atoms with Gasteiger partial charge in [0.15, 0.2) is 0 Å². The lowest BCUT2D eigenvalue weighted by Gasteiger charge is -2.51. The Morgan fingerprint density at radius 1 is 1.30 bits per heavy atom. The zero-order valence-electron chi connectivity index (χ0n) is 13.0. The van der Waals surface area contributed by atoms with Crippen molar-refractivity contribution in [2.75, 3.05) is 20.3 Å². The van der Waals surface area contributed by atoms with Crippen LogP contribution in [0.25, 0.3) is 0 Å². The maximum absolute atomic E-state index is 13.0. The highest BCUT2D eigenvalue weighted by Crippen LogP contribution is 2.46. The number of carbonyl (C=O) groups is 2. The van der Waals surface area contributed by atoms with Gasteiger partial charge in [-0.3, -0.25) is 9.59 Å². The highest BCUT2D eigenvalue weighted by Gasteiger charge is 2.60. The lowest BCUT2D eigenvalue weighted by molar-refractivity contribution is -0.165. The second kappa shape index (κ2) is 5.35. The molecule has 20 heavy (non-hydrogen) atoms. The predicted octanol–water partition coefficient (Wildman–Crippen LogP) is 1.32. The molecule has 0 spiro atoms. The molecule has 5 heteroatoms. The van der Waals surface area contributed by atoms with Gasteiger partial charge < -0.3 is 15.0 Å². The van der Waals surface area contributed by atoms with Gasteiger partial charge in [-0.15, -0.1) is 0 Å². The monoisotopic (exact) mass is 282 g/mol. The van der Waals surface area contributed by atoms with E-state index in [1.165, 1.54) is 0 Å². The van der Waals surface area contributed by atoms with Gasteiger partial charge in [0.1, 0.15) is 11.1 Å². The molecule has 0 bridgehead atoms. The highest BCUT2D eigenvalue weighted by molar-refractivity contribution is 6.02. The van der Waals surface area contributed by atoms with Gasteiger partial charge in [-0.2, -0.15) is 0 Å².